The van der Waals surface area contributed by atoms with Gasteiger partial charge in [-0.05, 0) is 98.9 Å². The van der Waals surface area contributed by atoms with Gasteiger partial charge in [0.05, 0.1) is 0 Å². The summed E-state index contributed by atoms with van der Waals surface area (Å²) in [6, 6.07) is 6.49. The quantitative estimate of drug-likeness (QED) is 0.695. The molecule has 1 nitrogen and oxygen atoms in total. The minimum atomic E-state index is 1.05. The third-order valence-electron chi connectivity index (χ3n) is 5.06. The van der Waals surface area contributed by atoms with Crippen molar-refractivity contribution in [1.29, 1.82) is 0 Å². The highest BCUT2D eigenvalue weighted by Gasteiger charge is 2.16. The lowest BCUT2D eigenvalue weighted by atomic mass is 9.85. The third kappa shape index (κ3) is 2.15. The molecule has 104 valence electrons. The predicted molar refractivity (Wildman–Crippen MR) is 84.4 cm³/mol. The topological polar surface area (TPSA) is 12.9 Å². The first-order valence-corrected chi connectivity index (χ1v) is 7.61. The Morgan fingerprint density at radius 2 is 1.05 bits per heavy atom. The van der Waals surface area contributed by atoms with E-state index >= 15 is 0 Å². The van der Waals surface area contributed by atoms with Gasteiger partial charge in [0.15, 0.2) is 0 Å². The van der Waals surface area contributed by atoms with Crippen molar-refractivity contribution in [3.05, 3.63) is 63.0 Å². The molecule has 0 saturated heterocycles. The molecule has 0 radical (unpaired) electrons. The zero-order chi connectivity index (χ0) is 14.3. The normalized spacial score (nSPS) is 14.2. The molecule has 0 spiro atoms. The first kappa shape index (κ1) is 13.4. The zero-order valence-electron chi connectivity index (χ0n) is 13.0. The van der Waals surface area contributed by atoms with Crippen molar-refractivity contribution in [1.82, 2.24) is 4.98 Å². The number of aromatic nitrogens is 1. The number of fused-ring (bicyclic) bond motifs is 4. The lowest BCUT2D eigenvalue weighted by Gasteiger charge is -2.20. The van der Waals surface area contributed by atoms with E-state index in [-0.39, 0.29) is 0 Å². The molecule has 0 amide bonds. The fraction of sp³-hybridized carbons (Fsp3) is 0.421. The van der Waals surface area contributed by atoms with Crippen LogP contribution in [0.15, 0.2) is 18.2 Å². The van der Waals surface area contributed by atoms with E-state index in [9.17, 15) is 0 Å². The first-order chi connectivity index (χ1) is 9.58. The molecule has 1 aromatic carbocycles. The van der Waals surface area contributed by atoms with E-state index in [4.69, 9.17) is 4.98 Å². The molecule has 0 aliphatic carbocycles. The van der Waals surface area contributed by atoms with Crippen LogP contribution in [0.3, 0.4) is 0 Å². The Kier molecular flexibility index (Phi) is 3.37. The largest absolute Gasteiger partial charge is 0.258 e. The molecular weight excluding hydrogens is 242 g/mol. The van der Waals surface area contributed by atoms with Gasteiger partial charge in [-0.25, -0.2) is 0 Å². The van der Waals surface area contributed by atoms with Gasteiger partial charge < -0.3 is 0 Å². The van der Waals surface area contributed by atoms with E-state index in [0.29, 0.717) is 0 Å². The second-order valence-corrected chi connectivity index (χ2v) is 6.08. The van der Waals surface area contributed by atoms with E-state index in [2.05, 4.69) is 45.9 Å². The molecule has 4 bridgehead atoms. The van der Waals surface area contributed by atoms with Crippen LogP contribution in [-0.4, -0.2) is 4.98 Å². The molecule has 0 unspecified atom stereocenters. The lowest BCUT2D eigenvalue weighted by Crippen LogP contribution is -2.06. The standard InChI is InChI=1S/C19H23N/c1-12-13(2)19-11-9-17-7-5-6-16(20-17)8-10-18(12)14(3)15(19)4/h5-7H,8-11H2,1-4H3. The summed E-state index contributed by atoms with van der Waals surface area (Å²) in [7, 11) is 0. The van der Waals surface area contributed by atoms with Gasteiger partial charge in [0.25, 0.3) is 0 Å². The van der Waals surface area contributed by atoms with Gasteiger partial charge >= 0.3 is 0 Å². The van der Waals surface area contributed by atoms with Gasteiger partial charge in [-0.3, -0.25) is 4.98 Å². The van der Waals surface area contributed by atoms with Gasteiger partial charge in [0, 0.05) is 11.4 Å². The van der Waals surface area contributed by atoms with Crippen LogP contribution < -0.4 is 0 Å². The molecular formula is C19H23N. The van der Waals surface area contributed by atoms with Crippen molar-refractivity contribution < 1.29 is 0 Å². The number of nitrogens with zero attached hydrogens (tertiary/aromatic N) is 1. The molecule has 0 N–H and O–H groups in total. The number of pyridine rings is 1. The second-order valence-electron chi connectivity index (χ2n) is 6.08. The van der Waals surface area contributed by atoms with Gasteiger partial charge in [-0.1, -0.05) is 6.07 Å². The van der Waals surface area contributed by atoms with Crippen molar-refractivity contribution in [2.45, 2.75) is 53.4 Å². The summed E-state index contributed by atoms with van der Waals surface area (Å²) in [4.78, 5) is 4.81. The molecule has 2 aliphatic rings. The van der Waals surface area contributed by atoms with Crippen LogP contribution in [0.25, 0.3) is 0 Å². The second kappa shape index (κ2) is 5.05. The summed E-state index contributed by atoms with van der Waals surface area (Å²) >= 11 is 0. The van der Waals surface area contributed by atoms with Crippen LogP contribution in [0.5, 0.6) is 0 Å². The van der Waals surface area contributed by atoms with Crippen LogP contribution in [0.2, 0.25) is 0 Å². The number of hydrogen-bond acceptors (Lipinski definition) is 1. The zero-order valence-corrected chi connectivity index (χ0v) is 13.0. The number of aryl methyl sites for hydroxylation is 2. The molecule has 0 fully saturated rings. The van der Waals surface area contributed by atoms with Crippen LogP contribution in [0.1, 0.15) is 44.8 Å². The average Bonchev–Trinajstić information content (AvgIpc) is 2.47. The molecule has 1 heteroatoms. The van der Waals surface area contributed by atoms with Gasteiger partial charge in [0.2, 0.25) is 0 Å². The molecule has 4 rings (SSSR count). The third-order valence-corrected chi connectivity index (χ3v) is 5.06. The summed E-state index contributed by atoms with van der Waals surface area (Å²) in [5, 5.41) is 0. The van der Waals surface area contributed by atoms with Crippen LogP contribution in [-0.2, 0) is 25.7 Å². The highest BCUT2D eigenvalue weighted by Crippen LogP contribution is 2.29. The highest BCUT2D eigenvalue weighted by molar-refractivity contribution is 5.50. The van der Waals surface area contributed by atoms with Gasteiger partial charge in [-0.2, -0.15) is 0 Å². The van der Waals surface area contributed by atoms with E-state index in [1.54, 1.807) is 0 Å². The Hall–Kier alpha value is -1.63. The Morgan fingerprint density at radius 3 is 1.45 bits per heavy atom. The molecule has 0 saturated carbocycles. The maximum Gasteiger partial charge on any atom is 0.0410 e. The molecule has 3 heterocycles. The Balaban J connectivity index is 2.18. The van der Waals surface area contributed by atoms with E-state index in [1.165, 1.54) is 44.8 Å². The van der Waals surface area contributed by atoms with Crippen LogP contribution in [0.4, 0.5) is 0 Å². The Morgan fingerprint density at radius 1 is 0.650 bits per heavy atom. The summed E-state index contributed by atoms with van der Waals surface area (Å²) in [5.74, 6) is 0. The number of hydrogen-bond donors (Lipinski definition) is 0. The smallest absolute Gasteiger partial charge is 0.0410 e. The highest BCUT2D eigenvalue weighted by atomic mass is 14.7. The lowest BCUT2D eigenvalue weighted by molar-refractivity contribution is 0.865. The minimum Gasteiger partial charge on any atom is -0.258 e. The monoisotopic (exact) mass is 265 g/mol. The first-order valence-electron chi connectivity index (χ1n) is 7.61. The Bertz CT molecular complexity index is 584. The van der Waals surface area contributed by atoms with Crippen molar-refractivity contribution >= 4 is 0 Å². The van der Waals surface area contributed by atoms with Crippen LogP contribution >= 0.6 is 0 Å². The molecule has 2 aliphatic heterocycles. The minimum absolute atomic E-state index is 1.05. The fourth-order valence-electron chi connectivity index (χ4n) is 3.53. The molecule has 2 aromatic rings. The SMILES string of the molecule is Cc1c(C)c2c(C)c(C)c1CCc1cccc(n1)CC2. The molecule has 1 aromatic heterocycles. The Labute approximate surface area is 122 Å². The van der Waals surface area contributed by atoms with Crippen molar-refractivity contribution in [3.63, 3.8) is 0 Å². The molecule has 20 heavy (non-hydrogen) atoms. The number of rotatable bonds is 0. The maximum absolute atomic E-state index is 4.81. The van der Waals surface area contributed by atoms with Gasteiger partial charge in [0.1, 0.15) is 0 Å². The number of benzene rings is 1. The molecule has 0 atom stereocenters. The fourth-order valence-corrected chi connectivity index (χ4v) is 3.53. The van der Waals surface area contributed by atoms with E-state index < -0.39 is 0 Å². The summed E-state index contributed by atoms with van der Waals surface area (Å²) in [5.41, 5.74) is 11.5. The summed E-state index contributed by atoms with van der Waals surface area (Å²) in [6.07, 6.45) is 4.31. The van der Waals surface area contributed by atoms with Gasteiger partial charge in [-0.15, -0.1) is 0 Å². The van der Waals surface area contributed by atoms with Crippen LogP contribution in [0, 0.1) is 27.7 Å². The average molecular weight is 265 g/mol. The van der Waals surface area contributed by atoms with E-state index in [0.717, 1.165) is 25.7 Å². The van der Waals surface area contributed by atoms with Crippen molar-refractivity contribution in [2.75, 3.05) is 0 Å². The summed E-state index contributed by atoms with van der Waals surface area (Å²) in [6.45, 7) is 9.17. The maximum atomic E-state index is 4.81. The summed E-state index contributed by atoms with van der Waals surface area (Å²) < 4.78 is 0. The predicted octanol–water partition coefficient (Wildman–Crippen LogP) is 4.20. The van der Waals surface area contributed by atoms with Crippen molar-refractivity contribution in [3.8, 4) is 0 Å². The van der Waals surface area contributed by atoms with E-state index in [1.807, 2.05) is 0 Å². The van der Waals surface area contributed by atoms with Crippen molar-refractivity contribution in [2.24, 2.45) is 0 Å².